The number of hydrogen-bond donors (Lipinski definition) is 0. The van der Waals surface area contributed by atoms with Gasteiger partial charge in [0.05, 0.1) is 22.3 Å². The van der Waals surface area contributed by atoms with Gasteiger partial charge >= 0.3 is 0 Å². The van der Waals surface area contributed by atoms with E-state index in [1.54, 1.807) is 12.1 Å². The van der Waals surface area contributed by atoms with Crippen LogP contribution in [-0.2, 0) is 19.4 Å². The zero-order valence-corrected chi connectivity index (χ0v) is 16.3. The molecule has 3 nitrogen and oxygen atoms in total. The lowest BCUT2D eigenvalue weighted by molar-refractivity contribution is 0.0989. The molecule has 0 aliphatic carbocycles. The maximum atomic E-state index is 12.6. The number of aryl methyl sites for hydroxylation is 2. The highest BCUT2D eigenvalue weighted by Gasteiger charge is 2.19. The van der Waals surface area contributed by atoms with E-state index in [0.29, 0.717) is 17.0 Å². The van der Waals surface area contributed by atoms with Gasteiger partial charge in [-0.15, -0.1) is 0 Å². The molecular formula is C15H15BrClIN2O. The van der Waals surface area contributed by atoms with E-state index >= 15 is 0 Å². The van der Waals surface area contributed by atoms with Gasteiger partial charge in [0, 0.05) is 20.7 Å². The van der Waals surface area contributed by atoms with E-state index in [4.69, 9.17) is 11.6 Å². The van der Waals surface area contributed by atoms with Crippen LogP contribution in [0.1, 0.15) is 35.6 Å². The topological polar surface area (TPSA) is 34.9 Å². The normalized spacial score (nSPS) is 10.9. The number of Topliss-reactive ketones (excluding diaryl/α,β-unsaturated/α-hetero) is 1. The number of nitrogens with zero attached hydrogens (tertiary/aromatic N) is 2. The van der Waals surface area contributed by atoms with Crippen molar-refractivity contribution in [2.75, 3.05) is 0 Å². The number of carbonyl (C=O) groups excluding carboxylic acids is 1. The molecule has 0 saturated heterocycles. The van der Waals surface area contributed by atoms with Crippen molar-refractivity contribution in [3.63, 3.8) is 0 Å². The Morgan fingerprint density at radius 2 is 2.14 bits per heavy atom. The summed E-state index contributed by atoms with van der Waals surface area (Å²) in [6.45, 7) is 4.82. The van der Waals surface area contributed by atoms with Gasteiger partial charge in [0.15, 0.2) is 5.78 Å². The second kappa shape index (κ2) is 7.24. The van der Waals surface area contributed by atoms with Crippen molar-refractivity contribution in [1.29, 1.82) is 0 Å². The van der Waals surface area contributed by atoms with Gasteiger partial charge < -0.3 is 0 Å². The molecule has 0 amide bonds. The minimum Gasteiger partial charge on any atom is -0.294 e. The van der Waals surface area contributed by atoms with Crippen LogP contribution in [0.5, 0.6) is 0 Å². The summed E-state index contributed by atoms with van der Waals surface area (Å²) in [4.78, 5) is 12.6. The van der Waals surface area contributed by atoms with Crippen LogP contribution in [0.3, 0.4) is 0 Å². The third-order valence-corrected chi connectivity index (χ3v) is 5.34. The molecule has 6 heteroatoms. The van der Waals surface area contributed by atoms with Crippen molar-refractivity contribution in [3.05, 3.63) is 48.2 Å². The van der Waals surface area contributed by atoms with Gasteiger partial charge in [-0.3, -0.25) is 9.48 Å². The molecule has 1 aromatic carbocycles. The molecule has 0 aliphatic rings. The minimum absolute atomic E-state index is 0.0554. The first-order valence-electron chi connectivity index (χ1n) is 6.70. The third-order valence-electron chi connectivity index (χ3n) is 3.25. The highest BCUT2D eigenvalue weighted by molar-refractivity contribution is 14.1. The SMILES string of the molecule is CCc1nn(CC)c(CC(=O)c2cc(Cl)ccc2I)c1Br. The van der Waals surface area contributed by atoms with Gasteiger partial charge in [-0.1, -0.05) is 18.5 Å². The molecule has 21 heavy (non-hydrogen) atoms. The number of benzene rings is 1. The van der Waals surface area contributed by atoms with Crippen LogP contribution in [0.4, 0.5) is 0 Å². The Bertz CT molecular complexity index is 685. The number of carbonyl (C=O) groups is 1. The van der Waals surface area contributed by atoms with Crippen LogP contribution in [-0.4, -0.2) is 15.6 Å². The zero-order chi connectivity index (χ0) is 15.6. The summed E-state index contributed by atoms with van der Waals surface area (Å²) in [6, 6.07) is 5.38. The van der Waals surface area contributed by atoms with Crippen LogP contribution >= 0.6 is 50.1 Å². The lowest BCUT2D eigenvalue weighted by Gasteiger charge is -2.07. The van der Waals surface area contributed by atoms with Crippen molar-refractivity contribution in [2.45, 2.75) is 33.2 Å². The summed E-state index contributed by atoms with van der Waals surface area (Å²) in [5.74, 6) is 0.0554. The van der Waals surface area contributed by atoms with Crippen LogP contribution in [0.15, 0.2) is 22.7 Å². The Balaban J connectivity index is 2.35. The molecule has 2 aromatic rings. The highest BCUT2D eigenvalue weighted by atomic mass is 127. The Morgan fingerprint density at radius 1 is 1.43 bits per heavy atom. The molecule has 112 valence electrons. The Morgan fingerprint density at radius 3 is 2.76 bits per heavy atom. The molecular weight excluding hydrogens is 466 g/mol. The van der Waals surface area contributed by atoms with Crippen LogP contribution in [0, 0.1) is 3.57 Å². The lowest BCUT2D eigenvalue weighted by Crippen LogP contribution is -2.11. The number of aromatic nitrogens is 2. The highest BCUT2D eigenvalue weighted by Crippen LogP contribution is 2.25. The van der Waals surface area contributed by atoms with Crippen molar-refractivity contribution >= 4 is 55.9 Å². The monoisotopic (exact) mass is 480 g/mol. The van der Waals surface area contributed by atoms with Crippen molar-refractivity contribution < 1.29 is 4.79 Å². The number of hydrogen-bond acceptors (Lipinski definition) is 2. The van der Waals surface area contributed by atoms with Crippen LogP contribution < -0.4 is 0 Å². The van der Waals surface area contributed by atoms with Crippen LogP contribution in [0.2, 0.25) is 5.02 Å². The van der Waals surface area contributed by atoms with Gasteiger partial charge in [-0.2, -0.15) is 5.10 Å². The first-order valence-corrected chi connectivity index (χ1v) is 8.95. The van der Waals surface area contributed by atoms with E-state index in [-0.39, 0.29) is 5.78 Å². The summed E-state index contributed by atoms with van der Waals surface area (Å²) in [5, 5.41) is 5.10. The second-order valence-electron chi connectivity index (χ2n) is 4.60. The predicted molar refractivity (Wildman–Crippen MR) is 97.2 cm³/mol. The molecule has 0 N–H and O–H groups in total. The molecule has 2 rings (SSSR count). The van der Waals surface area contributed by atoms with Gasteiger partial charge in [-0.05, 0) is 70.1 Å². The maximum absolute atomic E-state index is 12.6. The molecule has 0 saturated carbocycles. The summed E-state index contributed by atoms with van der Waals surface area (Å²) in [5.41, 5.74) is 2.58. The Hall–Kier alpha value is -0.400. The quantitative estimate of drug-likeness (QED) is 0.449. The Kier molecular flexibility index (Phi) is 5.85. The Labute approximate surface area is 151 Å². The lowest BCUT2D eigenvalue weighted by atomic mass is 10.1. The molecule has 0 unspecified atom stereocenters. The van der Waals surface area contributed by atoms with Crippen molar-refractivity contribution in [2.24, 2.45) is 0 Å². The number of rotatable bonds is 5. The van der Waals surface area contributed by atoms with E-state index in [1.807, 2.05) is 17.7 Å². The number of halogens is 3. The fourth-order valence-electron chi connectivity index (χ4n) is 2.14. The molecule has 0 atom stereocenters. The van der Waals surface area contributed by atoms with E-state index < -0.39 is 0 Å². The van der Waals surface area contributed by atoms with E-state index in [0.717, 1.165) is 32.4 Å². The molecule has 0 radical (unpaired) electrons. The molecule has 0 aliphatic heterocycles. The maximum Gasteiger partial charge on any atom is 0.169 e. The molecule has 1 aromatic heterocycles. The average molecular weight is 482 g/mol. The van der Waals surface area contributed by atoms with Crippen molar-refractivity contribution in [1.82, 2.24) is 9.78 Å². The smallest absolute Gasteiger partial charge is 0.169 e. The summed E-state index contributed by atoms with van der Waals surface area (Å²) in [7, 11) is 0. The van der Waals surface area contributed by atoms with Gasteiger partial charge in [0.25, 0.3) is 0 Å². The molecule has 0 spiro atoms. The van der Waals surface area contributed by atoms with E-state index in [9.17, 15) is 4.79 Å². The first-order chi connectivity index (χ1) is 9.97. The van der Waals surface area contributed by atoms with Gasteiger partial charge in [-0.25, -0.2) is 0 Å². The minimum atomic E-state index is 0.0554. The van der Waals surface area contributed by atoms with Crippen molar-refractivity contribution in [3.8, 4) is 0 Å². The molecule has 0 fully saturated rings. The fourth-order valence-corrected chi connectivity index (χ4v) is 3.66. The van der Waals surface area contributed by atoms with Crippen LogP contribution in [0.25, 0.3) is 0 Å². The molecule has 0 bridgehead atoms. The molecule has 1 heterocycles. The summed E-state index contributed by atoms with van der Waals surface area (Å²) in [6.07, 6.45) is 1.15. The predicted octanol–water partition coefficient (Wildman–Crippen LogP) is 4.91. The van der Waals surface area contributed by atoms with E-state index in [1.165, 1.54) is 0 Å². The average Bonchev–Trinajstić information content (AvgIpc) is 2.77. The van der Waals surface area contributed by atoms with Gasteiger partial charge in [0.2, 0.25) is 0 Å². The van der Waals surface area contributed by atoms with E-state index in [2.05, 4.69) is 50.5 Å². The standard InChI is InChI=1S/C15H15BrClIN2O/c1-3-12-15(16)13(20(4-2)19-12)8-14(21)10-7-9(17)5-6-11(10)18/h5-7H,3-4,8H2,1-2H3. The first kappa shape index (κ1) is 17.0. The zero-order valence-electron chi connectivity index (χ0n) is 11.8. The number of ketones is 1. The largest absolute Gasteiger partial charge is 0.294 e. The summed E-state index contributed by atoms with van der Waals surface area (Å²) < 4.78 is 3.74. The third kappa shape index (κ3) is 3.68. The fraction of sp³-hybridized carbons (Fsp3) is 0.333. The summed E-state index contributed by atoms with van der Waals surface area (Å²) >= 11 is 11.7. The second-order valence-corrected chi connectivity index (χ2v) is 6.99. The van der Waals surface area contributed by atoms with Gasteiger partial charge in [0.1, 0.15) is 0 Å².